The van der Waals surface area contributed by atoms with Crippen LogP contribution in [0.25, 0.3) is 0 Å². The minimum Gasteiger partial charge on any atom is -0.480 e. The van der Waals surface area contributed by atoms with Crippen molar-refractivity contribution < 1.29 is 63.5 Å². The Morgan fingerprint density at radius 3 is 1.69 bits per heavy atom. The van der Waals surface area contributed by atoms with E-state index < -0.39 is 42.2 Å². The van der Waals surface area contributed by atoms with Crippen LogP contribution < -0.4 is 16.0 Å². The van der Waals surface area contributed by atoms with Crippen LogP contribution >= 0.6 is 0 Å². The second-order valence-electron chi connectivity index (χ2n) is 15.4. The number of nitrogens with zero attached hydrogens (tertiary/aromatic N) is 5. The zero-order chi connectivity index (χ0) is 45.9. The molecule has 0 bridgehead atoms. The molecule has 1 fully saturated rings. The van der Waals surface area contributed by atoms with Crippen molar-refractivity contribution in [2.45, 2.75) is 84.0 Å². The highest BCUT2D eigenvalue weighted by Crippen LogP contribution is 2.13. The molecule has 1 heterocycles. The minimum absolute atomic E-state index is 0.0170. The molecule has 21 heteroatoms. The van der Waals surface area contributed by atoms with Gasteiger partial charge in [-0.1, -0.05) is 43.2 Å². The predicted octanol–water partition coefficient (Wildman–Crippen LogP) is 0.307. The summed E-state index contributed by atoms with van der Waals surface area (Å²) in [6.45, 7) is 6.47. The zero-order valence-corrected chi connectivity index (χ0v) is 36.0. The Balaban J connectivity index is 1.95. The molecule has 0 radical (unpaired) electrons. The first-order valence-corrected chi connectivity index (χ1v) is 21.1. The fourth-order valence-corrected chi connectivity index (χ4v) is 6.80. The number of amides is 4. The van der Waals surface area contributed by atoms with Crippen molar-refractivity contribution in [3.8, 4) is 0 Å². The number of carbonyl (C=O) groups excluding carboxylic acids is 4. The molecule has 1 aromatic carbocycles. The second-order valence-corrected chi connectivity index (χ2v) is 15.4. The monoisotopic (exact) mass is 878 g/mol. The van der Waals surface area contributed by atoms with Gasteiger partial charge in [0, 0.05) is 84.8 Å². The van der Waals surface area contributed by atoms with Crippen molar-refractivity contribution in [3.05, 3.63) is 35.4 Å². The molecule has 0 spiro atoms. The number of hydrogen-bond acceptors (Lipinski definition) is 13. The number of unbranched alkanes of at least 4 members (excludes halogenated alkanes) is 2. The number of carboxylic acid groups (broad SMARTS) is 4. The molecule has 1 aromatic rings. The van der Waals surface area contributed by atoms with Gasteiger partial charge in [-0.2, -0.15) is 0 Å². The summed E-state index contributed by atoms with van der Waals surface area (Å²) in [6, 6.07) is 5.96. The van der Waals surface area contributed by atoms with Crippen LogP contribution in [0.1, 0.15) is 69.4 Å². The van der Waals surface area contributed by atoms with E-state index in [2.05, 4.69) is 16.0 Å². The number of urea groups is 1. The Labute approximate surface area is 362 Å². The van der Waals surface area contributed by atoms with E-state index in [0.717, 1.165) is 11.1 Å². The maximum Gasteiger partial charge on any atom is 0.326 e. The molecular formula is C41H66N8O13. The lowest BCUT2D eigenvalue weighted by Gasteiger charge is -2.32. The van der Waals surface area contributed by atoms with E-state index in [1.165, 1.54) is 0 Å². The first kappa shape index (κ1) is 52.8. The highest BCUT2D eigenvalue weighted by atomic mass is 16.5. The summed E-state index contributed by atoms with van der Waals surface area (Å²) in [5.74, 6) is -4.66. The van der Waals surface area contributed by atoms with Gasteiger partial charge in [0.1, 0.15) is 6.04 Å². The number of aryl methyl sites for hydroxylation is 1. The smallest absolute Gasteiger partial charge is 0.326 e. The maximum absolute atomic E-state index is 13.5. The van der Waals surface area contributed by atoms with Gasteiger partial charge >= 0.3 is 29.9 Å². The van der Waals surface area contributed by atoms with Crippen molar-refractivity contribution in [3.63, 3.8) is 0 Å². The number of nitrogens with one attached hydrogen (secondary N) is 3. The number of hydrogen-bond donors (Lipinski definition) is 7. The summed E-state index contributed by atoms with van der Waals surface area (Å²) in [5.41, 5.74) is 2.01. The summed E-state index contributed by atoms with van der Waals surface area (Å²) in [6.07, 6.45) is 2.22. The topological polar surface area (TPSA) is 279 Å². The highest BCUT2D eigenvalue weighted by Gasteiger charge is 2.23. The number of aliphatic carboxylic acids is 4. The first-order valence-electron chi connectivity index (χ1n) is 21.1. The summed E-state index contributed by atoms with van der Waals surface area (Å²) >= 11 is 0. The Bertz CT molecular complexity index is 1550. The molecule has 0 unspecified atom stereocenters. The summed E-state index contributed by atoms with van der Waals surface area (Å²) in [5, 5.41) is 45.4. The minimum atomic E-state index is -1.17. The van der Waals surface area contributed by atoms with E-state index >= 15 is 0 Å². The van der Waals surface area contributed by atoms with Crippen LogP contribution in [0.5, 0.6) is 0 Å². The highest BCUT2D eigenvalue weighted by molar-refractivity contribution is 5.82. The molecule has 348 valence electrons. The van der Waals surface area contributed by atoms with Gasteiger partial charge in [-0.05, 0) is 44.6 Å². The molecule has 0 saturated carbocycles. The normalized spacial score (nSPS) is 15.8. The lowest BCUT2D eigenvalue weighted by molar-refractivity contribution is -0.140. The van der Waals surface area contributed by atoms with Crippen LogP contribution in [-0.4, -0.2) is 197 Å². The van der Waals surface area contributed by atoms with Gasteiger partial charge in [-0.25, -0.2) is 9.59 Å². The average Bonchev–Trinajstić information content (AvgIpc) is 3.19. The Kier molecular flexibility index (Phi) is 25.4. The van der Waals surface area contributed by atoms with Crippen molar-refractivity contribution in [2.75, 3.05) is 91.6 Å². The Morgan fingerprint density at radius 2 is 1.23 bits per heavy atom. The number of rotatable bonds is 27. The number of carboxylic acids is 4. The average molecular weight is 879 g/mol. The van der Waals surface area contributed by atoms with Crippen molar-refractivity contribution >= 4 is 48.2 Å². The molecule has 0 aromatic heterocycles. The van der Waals surface area contributed by atoms with Gasteiger partial charge in [-0.15, -0.1) is 0 Å². The lowest BCUT2D eigenvalue weighted by Crippen LogP contribution is -2.49. The molecule has 1 saturated heterocycles. The summed E-state index contributed by atoms with van der Waals surface area (Å²) in [7, 11) is 0. The quantitative estimate of drug-likeness (QED) is 0.0356. The Morgan fingerprint density at radius 1 is 0.710 bits per heavy atom. The predicted molar refractivity (Wildman–Crippen MR) is 225 cm³/mol. The molecule has 2 atom stereocenters. The number of ether oxygens (including phenoxy) is 1. The van der Waals surface area contributed by atoms with Crippen molar-refractivity contribution in [2.24, 2.45) is 0 Å². The first-order chi connectivity index (χ1) is 29.6. The van der Waals surface area contributed by atoms with E-state index in [1.807, 2.05) is 36.1 Å². The van der Waals surface area contributed by atoms with Crippen LogP contribution in [0.3, 0.4) is 0 Å². The molecule has 2 rings (SSSR count). The van der Waals surface area contributed by atoms with Gasteiger partial charge in [0.15, 0.2) is 6.23 Å². The maximum atomic E-state index is 13.5. The third-order valence-electron chi connectivity index (χ3n) is 10.2. The fourth-order valence-electron chi connectivity index (χ4n) is 6.80. The number of carbonyl (C=O) groups is 8. The molecule has 4 amide bonds. The van der Waals surface area contributed by atoms with Crippen LogP contribution in [0, 0.1) is 6.92 Å². The lowest BCUT2D eigenvalue weighted by atomic mass is 10.1. The SMILES string of the molecule is CCC[C@@H](NC(=O)N[C@H](CCCCN(Cc1ccc(C)cc1)C(=O)CCCCNC(=O)CN1CCN(CC(=O)O)CCN(CC(=O)O)CCN(CC(=O)O)CC1)OC=O)C(=O)O. The van der Waals surface area contributed by atoms with Gasteiger partial charge in [-0.3, -0.25) is 48.4 Å². The van der Waals surface area contributed by atoms with Gasteiger partial charge < -0.3 is 46.0 Å². The second kappa shape index (κ2) is 29.8. The van der Waals surface area contributed by atoms with Crippen LogP contribution in [-0.2, 0) is 44.8 Å². The number of benzene rings is 1. The zero-order valence-electron chi connectivity index (χ0n) is 36.0. The van der Waals surface area contributed by atoms with Crippen LogP contribution in [0.4, 0.5) is 4.79 Å². The molecular weight excluding hydrogens is 812 g/mol. The molecule has 0 aliphatic carbocycles. The van der Waals surface area contributed by atoms with E-state index in [0.29, 0.717) is 64.8 Å². The summed E-state index contributed by atoms with van der Waals surface area (Å²) < 4.78 is 5.01. The summed E-state index contributed by atoms with van der Waals surface area (Å²) in [4.78, 5) is 105. The molecule has 7 N–H and O–H groups in total. The molecule has 1 aliphatic heterocycles. The van der Waals surface area contributed by atoms with E-state index in [9.17, 15) is 58.8 Å². The standard InChI is InChI=1S/C41H66N8O13/c1-3-8-33(40(59)60)43-41(61)44-35(62-30-50)9-5-7-16-49(25-32-13-11-31(2)12-14-32)36(52)10-4-6-15-42-34(51)26-45-17-19-46(27-37(53)54)21-23-48(29-39(57)58)24-22-47(20-18-45)28-38(55)56/h11-14,30,33,35H,3-10,15-29H2,1-2H3,(H,42,51)(H,53,54)(H,55,56)(H,57,58)(H,59,60)(H2,43,44,61)/t33-,35+/m1/s1. The van der Waals surface area contributed by atoms with Crippen LogP contribution in [0.2, 0.25) is 0 Å². The molecule has 21 nitrogen and oxygen atoms in total. The largest absolute Gasteiger partial charge is 0.480 e. The van der Waals surface area contributed by atoms with Gasteiger partial charge in [0.05, 0.1) is 26.2 Å². The fraction of sp³-hybridized carbons (Fsp3) is 0.659. The Hall–Kier alpha value is -5.38. The molecule has 1 aliphatic rings. The van der Waals surface area contributed by atoms with E-state index in [4.69, 9.17) is 4.74 Å². The van der Waals surface area contributed by atoms with Crippen molar-refractivity contribution in [1.82, 2.24) is 40.4 Å². The third-order valence-corrected chi connectivity index (χ3v) is 10.2. The van der Waals surface area contributed by atoms with E-state index in [1.54, 1.807) is 26.5 Å². The third kappa shape index (κ3) is 23.6. The van der Waals surface area contributed by atoms with Gasteiger partial charge in [0.25, 0.3) is 6.47 Å². The molecule has 62 heavy (non-hydrogen) atoms. The van der Waals surface area contributed by atoms with Crippen molar-refractivity contribution in [1.29, 1.82) is 0 Å². The van der Waals surface area contributed by atoms with Crippen LogP contribution in [0.15, 0.2) is 24.3 Å². The van der Waals surface area contributed by atoms with Gasteiger partial charge in [0.2, 0.25) is 11.8 Å². The van der Waals surface area contributed by atoms with E-state index in [-0.39, 0.29) is 103 Å².